The number of aromatic nitrogens is 1. The number of oxime groups is 1. The Balaban J connectivity index is 2.70. The highest BCUT2D eigenvalue weighted by molar-refractivity contribution is 5.95. The van der Waals surface area contributed by atoms with Gasteiger partial charge in [0.1, 0.15) is 11.5 Å². The van der Waals surface area contributed by atoms with Gasteiger partial charge < -0.3 is 15.8 Å². The molecule has 0 aliphatic rings. The van der Waals surface area contributed by atoms with Crippen LogP contribution >= 0.6 is 0 Å². The molecule has 1 rings (SSSR count). The third kappa shape index (κ3) is 3.94. The molecule has 0 saturated heterocycles. The van der Waals surface area contributed by atoms with E-state index in [1.807, 2.05) is 19.2 Å². The van der Waals surface area contributed by atoms with Gasteiger partial charge in [0.15, 0.2) is 5.84 Å². The number of rotatable bonds is 6. The minimum absolute atomic E-state index is 0.0359. The number of pyridine rings is 1. The van der Waals surface area contributed by atoms with Gasteiger partial charge in [-0.25, -0.2) is 4.98 Å². The van der Waals surface area contributed by atoms with Crippen molar-refractivity contribution in [3.8, 4) is 0 Å². The highest BCUT2D eigenvalue weighted by Gasteiger charge is 2.05. The lowest BCUT2D eigenvalue weighted by Crippen LogP contribution is -2.22. The fourth-order valence-corrected chi connectivity index (χ4v) is 1.54. The van der Waals surface area contributed by atoms with Crippen LogP contribution in [-0.4, -0.2) is 29.6 Å². The van der Waals surface area contributed by atoms with Gasteiger partial charge in [0.05, 0.1) is 0 Å². The zero-order valence-electron chi connectivity index (χ0n) is 10.4. The molecule has 0 aliphatic heterocycles. The van der Waals surface area contributed by atoms with Gasteiger partial charge in [0.25, 0.3) is 0 Å². The summed E-state index contributed by atoms with van der Waals surface area (Å²) >= 11 is 0. The molecule has 1 aromatic heterocycles. The van der Waals surface area contributed by atoms with E-state index in [1.54, 1.807) is 6.07 Å². The van der Waals surface area contributed by atoms with Crippen LogP contribution in [0, 0.1) is 0 Å². The molecular weight excluding hydrogens is 216 g/mol. The molecule has 0 atom stereocenters. The smallest absolute Gasteiger partial charge is 0.188 e. The highest BCUT2D eigenvalue weighted by Crippen LogP contribution is 2.10. The lowest BCUT2D eigenvalue weighted by atomic mass is 10.2. The molecule has 0 bridgehead atoms. The number of amidine groups is 1. The second-order valence-electron chi connectivity index (χ2n) is 3.99. The average Bonchev–Trinajstić information content (AvgIpc) is 2.38. The molecule has 0 fully saturated rings. The number of unbranched alkanes of at least 4 members (excludes halogenated alkanes) is 2. The Morgan fingerprint density at radius 3 is 2.88 bits per heavy atom. The van der Waals surface area contributed by atoms with Gasteiger partial charge in [0.2, 0.25) is 0 Å². The molecule has 0 amide bonds. The minimum atomic E-state index is 0.0359. The van der Waals surface area contributed by atoms with Crippen LogP contribution in [0.3, 0.4) is 0 Å². The van der Waals surface area contributed by atoms with Crippen LogP contribution in [0.15, 0.2) is 23.4 Å². The van der Waals surface area contributed by atoms with Gasteiger partial charge in [-0.15, -0.1) is 0 Å². The van der Waals surface area contributed by atoms with Crippen molar-refractivity contribution in [1.29, 1.82) is 0 Å². The van der Waals surface area contributed by atoms with Crippen molar-refractivity contribution in [3.05, 3.63) is 23.9 Å². The zero-order valence-corrected chi connectivity index (χ0v) is 10.4. The molecular formula is C12H20N4O. The van der Waals surface area contributed by atoms with Crippen molar-refractivity contribution in [1.82, 2.24) is 4.98 Å². The number of hydrogen-bond donors (Lipinski definition) is 2. The van der Waals surface area contributed by atoms with Crippen LogP contribution in [0.1, 0.15) is 31.9 Å². The van der Waals surface area contributed by atoms with Crippen molar-refractivity contribution in [2.45, 2.75) is 26.2 Å². The minimum Gasteiger partial charge on any atom is -0.409 e. The van der Waals surface area contributed by atoms with Crippen molar-refractivity contribution in [3.63, 3.8) is 0 Å². The Morgan fingerprint density at radius 2 is 2.24 bits per heavy atom. The third-order valence-electron chi connectivity index (χ3n) is 2.59. The molecule has 5 nitrogen and oxygen atoms in total. The summed E-state index contributed by atoms with van der Waals surface area (Å²) in [6, 6.07) is 5.49. The SMILES string of the molecule is CCCCCN(C)c1cccc(C(N)=NO)n1. The zero-order chi connectivity index (χ0) is 12.7. The number of anilines is 1. The van der Waals surface area contributed by atoms with Crippen LogP contribution in [-0.2, 0) is 0 Å². The molecule has 3 N–H and O–H groups in total. The Bertz CT molecular complexity index is 379. The molecule has 1 heterocycles. The van der Waals surface area contributed by atoms with E-state index in [-0.39, 0.29) is 5.84 Å². The molecule has 0 spiro atoms. The van der Waals surface area contributed by atoms with Crippen LogP contribution < -0.4 is 10.6 Å². The fourth-order valence-electron chi connectivity index (χ4n) is 1.54. The Hall–Kier alpha value is -1.78. The maximum atomic E-state index is 8.60. The summed E-state index contributed by atoms with van der Waals surface area (Å²) in [5.74, 6) is 0.874. The number of nitrogens with two attached hydrogens (primary N) is 1. The first-order chi connectivity index (χ1) is 8.19. The van der Waals surface area contributed by atoms with Crippen LogP contribution in [0.25, 0.3) is 0 Å². The number of hydrogen-bond acceptors (Lipinski definition) is 4. The fraction of sp³-hybridized carbons (Fsp3) is 0.500. The predicted molar refractivity (Wildman–Crippen MR) is 69.5 cm³/mol. The molecule has 0 aliphatic carbocycles. The van der Waals surface area contributed by atoms with Crippen LogP contribution in [0.4, 0.5) is 5.82 Å². The van der Waals surface area contributed by atoms with E-state index in [1.165, 1.54) is 12.8 Å². The van der Waals surface area contributed by atoms with Gasteiger partial charge in [0, 0.05) is 13.6 Å². The quantitative estimate of drug-likeness (QED) is 0.260. The molecule has 5 heteroatoms. The van der Waals surface area contributed by atoms with Crippen molar-refractivity contribution >= 4 is 11.7 Å². The summed E-state index contributed by atoms with van der Waals surface area (Å²) in [6.07, 6.45) is 3.55. The first kappa shape index (κ1) is 13.3. The highest BCUT2D eigenvalue weighted by atomic mass is 16.4. The first-order valence-corrected chi connectivity index (χ1v) is 5.85. The van der Waals surface area contributed by atoms with E-state index < -0.39 is 0 Å². The lowest BCUT2D eigenvalue weighted by molar-refractivity contribution is 0.318. The van der Waals surface area contributed by atoms with E-state index in [2.05, 4.69) is 22.0 Å². The van der Waals surface area contributed by atoms with E-state index in [4.69, 9.17) is 10.9 Å². The average molecular weight is 236 g/mol. The topological polar surface area (TPSA) is 74.7 Å². The Labute approximate surface area is 102 Å². The van der Waals surface area contributed by atoms with Gasteiger partial charge in [-0.3, -0.25) is 0 Å². The molecule has 94 valence electrons. The van der Waals surface area contributed by atoms with Gasteiger partial charge in [-0.1, -0.05) is 31.0 Å². The summed E-state index contributed by atoms with van der Waals surface area (Å²) in [4.78, 5) is 6.41. The molecule has 17 heavy (non-hydrogen) atoms. The molecule has 0 aromatic carbocycles. The molecule has 0 unspecified atom stereocenters. The summed E-state index contributed by atoms with van der Waals surface area (Å²) in [7, 11) is 1.99. The summed E-state index contributed by atoms with van der Waals surface area (Å²) in [6.45, 7) is 3.14. The van der Waals surface area contributed by atoms with Gasteiger partial charge >= 0.3 is 0 Å². The van der Waals surface area contributed by atoms with E-state index in [0.717, 1.165) is 18.8 Å². The molecule has 1 aromatic rings. The van der Waals surface area contributed by atoms with E-state index in [9.17, 15) is 0 Å². The monoisotopic (exact) mass is 236 g/mol. The maximum absolute atomic E-state index is 8.60. The maximum Gasteiger partial charge on any atom is 0.188 e. The molecule has 0 saturated carbocycles. The van der Waals surface area contributed by atoms with Crippen molar-refractivity contribution in [2.24, 2.45) is 10.9 Å². The van der Waals surface area contributed by atoms with Crippen LogP contribution in [0.2, 0.25) is 0 Å². The Morgan fingerprint density at radius 1 is 1.47 bits per heavy atom. The summed E-state index contributed by atoms with van der Waals surface area (Å²) in [5, 5.41) is 11.5. The van der Waals surface area contributed by atoms with E-state index >= 15 is 0 Å². The third-order valence-corrected chi connectivity index (χ3v) is 2.59. The van der Waals surface area contributed by atoms with Gasteiger partial charge in [-0.2, -0.15) is 0 Å². The lowest BCUT2D eigenvalue weighted by Gasteiger charge is -2.18. The van der Waals surface area contributed by atoms with Crippen molar-refractivity contribution < 1.29 is 5.21 Å². The first-order valence-electron chi connectivity index (χ1n) is 5.85. The Kier molecular flexibility index (Phi) is 5.26. The summed E-state index contributed by atoms with van der Waals surface area (Å²) in [5.41, 5.74) is 6.00. The standard InChI is InChI=1S/C12H20N4O/c1-3-4-5-9-16(2)11-8-6-7-10(14-11)12(13)15-17/h6-8,17H,3-5,9H2,1-2H3,(H2,13,15). The second-order valence-corrected chi connectivity index (χ2v) is 3.99. The second kappa shape index (κ2) is 6.73. The number of nitrogens with zero attached hydrogens (tertiary/aromatic N) is 3. The van der Waals surface area contributed by atoms with Gasteiger partial charge in [-0.05, 0) is 18.6 Å². The van der Waals surface area contributed by atoms with Crippen molar-refractivity contribution in [2.75, 3.05) is 18.5 Å². The normalized spacial score (nSPS) is 11.5. The van der Waals surface area contributed by atoms with E-state index in [0.29, 0.717) is 5.69 Å². The van der Waals surface area contributed by atoms with Crippen LogP contribution in [0.5, 0.6) is 0 Å². The summed E-state index contributed by atoms with van der Waals surface area (Å²) < 4.78 is 0. The molecule has 0 radical (unpaired) electrons. The predicted octanol–water partition coefficient (Wildman–Crippen LogP) is 1.80. The largest absolute Gasteiger partial charge is 0.409 e.